The normalized spacial score (nSPS) is 17.0. The molecule has 0 aliphatic rings. The van der Waals surface area contributed by atoms with Gasteiger partial charge < -0.3 is 78.8 Å². The molecular formula is C90H204N10O8Si9. The Labute approximate surface area is 737 Å². The van der Waals surface area contributed by atoms with Crippen LogP contribution in [0.4, 0.5) is 0 Å². The predicted octanol–water partition coefficient (Wildman–Crippen LogP) is 24.4. The highest BCUT2D eigenvalue weighted by Gasteiger charge is 2.50. The average molecular weight is 1810 g/mol. The lowest BCUT2D eigenvalue weighted by Gasteiger charge is -2.44. The summed E-state index contributed by atoms with van der Waals surface area (Å²) in [6.07, 6.45) is 12.0. The third-order valence-corrected chi connectivity index (χ3v) is 48.4. The summed E-state index contributed by atoms with van der Waals surface area (Å²) in [5.41, 5.74) is 3.53. The van der Waals surface area contributed by atoms with Gasteiger partial charge in [0, 0.05) is 62.5 Å². The second kappa shape index (κ2) is 56.9. The van der Waals surface area contributed by atoms with E-state index in [-0.39, 0.29) is 0 Å². The van der Waals surface area contributed by atoms with E-state index in [2.05, 4.69) is 259 Å². The quantitative estimate of drug-likeness (QED) is 0.0124. The molecule has 0 rings (SSSR count). The molecule has 0 radical (unpaired) electrons. The number of hydrogen-bond acceptors (Lipinski definition) is 18. The van der Waals surface area contributed by atoms with E-state index in [1.807, 2.05) is 90.5 Å². The number of aliphatic hydroxyl groups is 8. The molecule has 0 aromatic carbocycles. The van der Waals surface area contributed by atoms with Crippen molar-refractivity contribution in [3.63, 3.8) is 0 Å². The fourth-order valence-electron chi connectivity index (χ4n) is 13.9. The van der Waals surface area contributed by atoms with Gasteiger partial charge in [-0.25, -0.2) is 0 Å². The summed E-state index contributed by atoms with van der Waals surface area (Å²) in [6.45, 7) is 104. The van der Waals surface area contributed by atoms with Gasteiger partial charge in [0.25, 0.3) is 0 Å². The third-order valence-electron chi connectivity index (χ3n) is 23.0. The van der Waals surface area contributed by atoms with Crippen LogP contribution < -0.4 is 0 Å². The number of rotatable bonds is 41. The maximum Gasteiger partial charge on any atom is 0.180 e. The number of nitrogens with zero attached hydrogens (tertiary/aromatic N) is 10. The van der Waals surface area contributed by atoms with E-state index < -0.39 is 117 Å². The van der Waals surface area contributed by atoms with Crippen LogP contribution in [0.15, 0.2) is 63.5 Å². The van der Waals surface area contributed by atoms with E-state index in [9.17, 15) is 40.9 Å². The Morgan fingerprint density at radius 3 is 0.718 bits per heavy atom. The first kappa shape index (κ1) is 131. The molecule has 6 unspecified atom stereocenters. The molecule has 0 aliphatic carbocycles. The third kappa shape index (κ3) is 50.1. The summed E-state index contributed by atoms with van der Waals surface area (Å²) in [5, 5.41) is 93.1. The first-order valence-corrected chi connectivity index (χ1v) is 74.0. The standard InChI is InChI=1S/C17H39NOSi2.C13H30N2OSi.C11H27NOSi2.C11H25NOSi.C10H23NOSi.C10H21NOSi.C9H18N2O.C9H21NOSi/c1-9-16(18-21(13-5,14-6)15-7)17(8,19)20(10-2,11-3)12-4;1-8-12(14-15(6)7)13(5,16)17(9-2,10-3)11-4;1-9-10(12-15(6,7)8)11(2,13)14(3,4)5;1-7-10(12-14(4,5)6)11(13,8-2)9-3;2*1-7-9(10(3,12)8-2)11-13(4,5)6;1-6-8(10-11(4)5)9(3,12)7-2;1-7-8(9(2,3)11)10-12(4,5)6/h19H,9-15H2,1-8H3;16H,8-11H2,1-7H3;13H,9H2,1-8H3;13H,7-9H2,1-6H3;12H,7-8H2,1-6H3;8,12H,2,7H2,1,3-6H3;7,12H,2,6H2,1,3-5H3;11H,7H2,1-6H3. The van der Waals surface area contributed by atoms with Crippen LogP contribution in [0, 0.1) is 0 Å². The van der Waals surface area contributed by atoms with E-state index in [1.165, 1.54) is 24.2 Å². The summed E-state index contributed by atoms with van der Waals surface area (Å²) in [5.74, 6) is 0. The zero-order valence-electron chi connectivity index (χ0n) is 87.3. The number of hydrogen-bond donors (Lipinski definition) is 8. The maximum absolute atomic E-state index is 11.5. The lowest BCUT2D eigenvalue weighted by molar-refractivity contribution is 0.102. The molecule has 18 nitrogen and oxygen atoms in total. The van der Waals surface area contributed by atoms with Crippen LogP contribution in [0.25, 0.3) is 0 Å². The molecule has 27 heteroatoms. The van der Waals surface area contributed by atoms with Crippen LogP contribution in [-0.2, 0) is 0 Å². The van der Waals surface area contributed by atoms with Gasteiger partial charge in [-0.1, -0.05) is 220 Å². The largest absolute Gasteiger partial charge is 0.388 e. The molecule has 0 aromatic heterocycles. The number of hydrazone groups is 2. The van der Waals surface area contributed by atoms with Crippen LogP contribution in [0.3, 0.4) is 0 Å². The lowest BCUT2D eigenvalue weighted by Crippen LogP contribution is -2.61. The van der Waals surface area contributed by atoms with Crippen molar-refractivity contribution in [2.24, 2.45) is 38.2 Å². The van der Waals surface area contributed by atoms with Gasteiger partial charge in [-0.15, -0.1) is 0 Å². The SMILES string of the molecule is C=CC(C)(O)C(CC)=NN(C)C.C=CC(C)(O)C(CC)=N[Si](C)(C)C.CCC(=NN(C)C)C(C)(O)[Si](CC)(CC)CC.CCC(=N[Si](C)(C)C)C(C)(C)O.CCC(=N[Si](C)(C)C)C(C)(O)CC.CCC(=N[Si](C)(C)C)C(C)(O)[Si](C)(C)C.CCC(=N[Si](C)(C)C)C(O)(CC)CC.CCC(=N[Si](CC)(CC)CC)C(C)(O)[Si](CC)(CC)CC. The first-order valence-electron chi connectivity index (χ1n) is 45.5. The summed E-state index contributed by atoms with van der Waals surface area (Å²) in [4.78, 5) is 0. The zero-order chi connectivity index (χ0) is 95.5. The van der Waals surface area contributed by atoms with Gasteiger partial charge in [-0.05, 0) is 242 Å². The Morgan fingerprint density at radius 2 is 0.513 bits per heavy atom. The topological polar surface area (TPSA) is 267 Å². The van der Waals surface area contributed by atoms with Crippen molar-refractivity contribution in [3.8, 4) is 0 Å². The van der Waals surface area contributed by atoms with Gasteiger partial charge in [0.15, 0.2) is 49.4 Å². The van der Waals surface area contributed by atoms with Crippen LogP contribution in [-0.4, -0.2) is 242 Å². The van der Waals surface area contributed by atoms with Gasteiger partial charge in [0.05, 0.1) is 62.5 Å². The molecule has 0 spiro atoms. The Morgan fingerprint density at radius 1 is 0.282 bits per heavy atom. The summed E-state index contributed by atoms with van der Waals surface area (Å²) in [7, 11) is -6.42. The second-order valence-corrected chi connectivity index (χ2v) is 84.3. The average Bonchev–Trinajstić information content (AvgIpc) is 0.775. The molecule has 117 heavy (non-hydrogen) atoms. The van der Waals surface area contributed by atoms with E-state index in [0.717, 1.165) is 153 Å². The Balaban J connectivity index is -0.000000195. The molecule has 0 saturated carbocycles. The minimum Gasteiger partial charge on any atom is -0.388 e. The molecule has 0 saturated heterocycles. The molecule has 0 aliphatic heterocycles. The van der Waals surface area contributed by atoms with Crippen molar-refractivity contribution >= 4 is 119 Å². The fourth-order valence-corrected chi connectivity index (χ4v) is 33.0. The molecule has 698 valence electrons. The molecule has 0 amide bonds. The fraction of sp³-hybridized carbons (Fsp3) is 0.867. The minimum absolute atomic E-state index is 0.641. The zero-order valence-corrected chi connectivity index (χ0v) is 96.3. The Hall–Kier alpha value is -1.93. The van der Waals surface area contributed by atoms with Gasteiger partial charge in [0.2, 0.25) is 0 Å². The monoisotopic (exact) mass is 1810 g/mol. The molecule has 6 atom stereocenters. The molecule has 0 bridgehead atoms. The molecular weight excluding hydrogens is 1600 g/mol. The highest BCUT2D eigenvalue weighted by Crippen LogP contribution is 2.37. The highest BCUT2D eigenvalue weighted by atomic mass is 28.4. The van der Waals surface area contributed by atoms with E-state index >= 15 is 0 Å². The van der Waals surface area contributed by atoms with Crippen molar-refractivity contribution in [1.82, 2.24) is 10.0 Å². The lowest BCUT2D eigenvalue weighted by atomic mass is 9.90. The van der Waals surface area contributed by atoms with Crippen molar-refractivity contribution in [2.75, 3.05) is 28.2 Å². The maximum atomic E-state index is 11.5. The highest BCUT2D eigenvalue weighted by molar-refractivity contribution is 6.87. The minimum atomic E-state index is -1.72. The smallest absolute Gasteiger partial charge is 0.180 e. The summed E-state index contributed by atoms with van der Waals surface area (Å²) in [6, 6.07) is 10.3. The second-order valence-electron chi connectivity index (χ2n) is 39.9. The first-order chi connectivity index (χ1) is 52.3. The predicted molar refractivity (Wildman–Crippen MR) is 557 cm³/mol. The van der Waals surface area contributed by atoms with E-state index in [0.29, 0.717) is 0 Å². The van der Waals surface area contributed by atoms with Crippen molar-refractivity contribution in [1.29, 1.82) is 0 Å². The van der Waals surface area contributed by atoms with Gasteiger partial charge >= 0.3 is 0 Å². The van der Waals surface area contributed by atoms with Crippen LogP contribution in [0.5, 0.6) is 0 Å². The van der Waals surface area contributed by atoms with Crippen molar-refractivity contribution in [2.45, 2.75) is 480 Å². The Kier molecular flexibility index (Phi) is 63.5. The molecule has 0 fully saturated rings. The van der Waals surface area contributed by atoms with Crippen LogP contribution in [0.2, 0.25) is 172 Å². The molecule has 0 aromatic rings. The van der Waals surface area contributed by atoms with E-state index in [1.54, 1.807) is 43.8 Å². The van der Waals surface area contributed by atoms with Crippen molar-refractivity contribution in [3.05, 3.63) is 25.3 Å². The van der Waals surface area contributed by atoms with Crippen LogP contribution in [0.1, 0.15) is 264 Å². The summed E-state index contributed by atoms with van der Waals surface area (Å²) < 4.78 is 28.7. The van der Waals surface area contributed by atoms with Crippen LogP contribution >= 0.6 is 0 Å². The summed E-state index contributed by atoms with van der Waals surface area (Å²) >= 11 is 0. The Bertz CT molecular complexity index is 2960. The van der Waals surface area contributed by atoms with E-state index in [4.69, 9.17) is 14.0 Å². The molecule has 8 N–H and O–H groups in total. The van der Waals surface area contributed by atoms with Gasteiger partial charge in [-0.2, -0.15) is 10.2 Å². The molecule has 0 heterocycles. The van der Waals surface area contributed by atoms with Gasteiger partial charge in [-0.3, -0.25) is 0 Å². The van der Waals surface area contributed by atoms with Crippen molar-refractivity contribution < 1.29 is 40.9 Å². The van der Waals surface area contributed by atoms with Gasteiger partial charge in [0.1, 0.15) is 16.8 Å².